The molecule has 11 aromatic rings. The molecule has 8 heteroatoms. The van der Waals surface area contributed by atoms with Crippen LogP contribution in [-0.4, -0.2) is 11.6 Å². The number of benzene rings is 9. The number of ketones is 2. The number of nitrogens with zero attached hydrogens (tertiary/aromatic N) is 4. The number of hydrogen-bond donors (Lipinski definition) is 0. The summed E-state index contributed by atoms with van der Waals surface area (Å²) in [4.78, 5) is 30.1. The first-order valence-corrected chi connectivity index (χ1v) is 30.9. The summed E-state index contributed by atoms with van der Waals surface area (Å²) in [6.45, 7) is 8.54. The van der Waals surface area contributed by atoms with E-state index in [0.717, 1.165) is 91.1 Å². The van der Waals surface area contributed by atoms with Gasteiger partial charge in [0.1, 0.15) is 35.4 Å². The highest BCUT2D eigenvalue weighted by atomic mass is 32.1. The van der Waals surface area contributed by atoms with Crippen LogP contribution in [0, 0.1) is 73.0 Å². The van der Waals surface area contributed by atoms with Gasteiger partial charge in [0, 0.05) is 52.6 Å². The largest absolute Gasteiger partial charge is 0.289 e. The Balaban J connectivity index is 0.966. The molecule has 0 spiro atoms. The Kier molecular flexibility index (Phi) is 12.5. The molecule has 0 amide bonds. The van der Waals surface area contributed by atoms with Gasteiger partial charge in [-0.1, -0.05) is 174 Å². The number of fused-ring (bicyclic) bond motifs is 10. The van der Waals surface area contributed by atoms with E-state index in [2.05, 4.69) is 185 Å². The summed E-state index contributed by atoms with van der Waals surface area (Å²) in [7, 11) is 0. The minimum Gasteiger partial charge on any atom is -0.289 e. The molecule has 0 radical (unpaired) electrons. The number of allylic oxidation sites excluding steroid dienone is 7. The van der Waals surface area contributed by atoms with Crippen LogP contribution in [0.25, 0.3) is 59.6 Å². The standard InChI is InChI=1S/C80H50N4O2S2/c1-45-16-24-53(25-17-45)79(54-26-18-46(2)19-27-54)69-34-49-32-57(10-9-15-63-75(51(41-81)42-82)59-11-5-7-13-61(59)77(63)85)87-73(49)39-66(69)64-37-72-65(38-71(64)79)67-40-74-50(35-70(67)80(72,55-28-20-47(3)21-29-55)56-30-22-48(4)23-31-56)33-58(88-74)36-68-76(52(43-83)44-84)60-12-6-8-14-62(60)78(68)86/h5-8,11-40H,9-10H2,1-4H3/b63-15-,68-36-. The Morgan fingerprint density at radius 1 is 0.409 bits per heavy atom. The molecule has 0 bridgehead atoms. The Morgan fingerprint density at radius 3 is 1.20 bits per heavy atom. The summed E-state index contributed by atoms with van der Waals surface area (Å²) >= 11 is 3.36. The van der Waals surface area contributed by atoms with E-state index in [1.54, 1.807) is 34.8 Å². The summed E-state index contributed by atoms with van der Waals surface area (Å²) < 4.78 is 2.19. The van der Waals surface area contributed by atoms with E-state index < -0.39 is 10.8 Å². The fourth-order valence-corrected chi connectivity index (χ4v) is 16.6. The minimum absolute atomic E-state index is 0.0627. The highest BCUT2D eigenvalue weighted by molar-refractivity contribution is 7.20. The number of hydrogen-bond acceptors (Lipinski definition) is 8. The zero-order valence-corrected chi connectivity index (χ0v) is 50.1. The molecule has 15 rings (SSSR count). The van der Waals surface area contributed by atoms with Crippen molar-refractivity contribution in [1.29, 1.82) is 21.0 Å². The molecular weight excluding hydrogens is 1110 g/mol. The van der Waals surface area contributed by atoms with Gasteiger partial charge in [0.15, 0.2) is 11.6 Å². The number of aryl methyl sites for hydroxylation is 5. The van der Waals surface area contributed by atoms with Gasteiger partial charge < -0.3 is 0 Å². The number of rotatable bonds is 8. The van der Waals surface area contributed by atoms with Crippen molar-refractivity contribution >= 4 is 71.6 Å². The fraction of sp³-hybridized carbons (Fsp3) is 0.100. The van der Waals surface area contributed by atoms with Crippen LogP contribution in [0.2, 0.25) is 0 Å². The first kappa shape index (κ1) is 53.9. The average Bonchev–Trinajstić information content (AvgIpc) is 1.53. The van der Waals surface area contributed by atoms with Crippen LogP contribution in [0.3, 0.4) is 0 Å². The van der Waals surface area contributed by atoms with Crippen molar-refractivity contribution in [3.05, 3.63) is 321 Å². The third-order valence-electron chi connectivity index (χ3n) is 18.6. The number of carbonyl (C=O) groups excluding carboxylic acids is 2. The monoisotopic (exact) mass is 1160 g/mol. The number of nitriles is 4. The first-order chi connectivity index (χ1) is 42.9. The van der Waals surface area contributed by atoms with E-state index >= 15 is 0 Å². The SMILES string of the molecule is Cc1ccc(C2(c3ccc(C)cc3)c3cc4c(cc3-c3cc5sc(/C=C6\C(=O)c7ccccc7C6=C(C#N)C#N)cc5cc32)C(c2ccc(C)cc2)(c2ccc(C)cc2)c2cc3cc(CC/C=C5\C(=O)c6ccccc6C5=C(C#N)C#N)sc3cc2-4)cc1. The maximum atomic E-state index is 14.3. The van der Waals surface area contributed by atoms with Crippen LogP contribution in [-0.2, 0) is 17.3 Å². The highest BCUT2D eigenvalue weighted by Crippen LogP contribution is 2.64. The van der Waals surface area contributed by atoms with Gasteiger partial charge in [-0.15, -0.1) is 22.7 Å². The van der Waals surface area contributed by atoms with E-state index in [1.165, 1.54) is 27.8 Å². The first-order valence-electron chi connectivity index (χ1n) is 29.3. The molecule has 0 aliphatic heterocycles. The zero-order chi connectivity index (χ0) is 60.3. The van der Waals surface area contributed by atoms with Crippen molar-refractivity contribution in [1.82, 2.24) is 0 Å². The van der Waals surface area contributed by atoms with Crippen LogP contribution in [0.1, 0.15) is 115 Å². The van der Waals surface area contributed by atoms with Gasteiger partial charge >= 0.3 is 0 Å². The van der Waals surface area contributed by atoms with E-state index in [9.17, 15) is 30.6 Å². The third-order valence-corrected chi connectivity index (χ3v) is 20.8. The minimum atomic E-state index is -0.796. The molecule has 0 saturated heterocycles. The van der Waals surface area contributed by atoms with Gasteiger partial charge in [0.05, 0.1) is 10.8 Å². The summed E-state index contributed by atoms with van der Waals surface area (Å²) in [5.74, 6) is -0.374. The third kappa shape index (κ3) is 7.87. The van der Waals surface area contributed by atoms with Gasteiger partial charge in [0.2, 0.25) is 0 Å². The van der Waals surface area contributed by atoms with Crippen LogP contribution in [0.15, 0.2) is 222 Å². The second-order valence-electron chi connectivity index (χ2n) is 23.6. The quantitative estimate of drug-likeness (QED) is 0.110. The molecule has 4 aliphatic rings. The van der Waals surface area contributed by atoms with Gasteiger partial charge in [-0.05, 0) is 184 Å². The fourth-order valence-electron chi connectivity index (χ4n) is 14.5. The van der Waals surface area contributed by atoms with Gasteiger partial charge in [-0.2, -0.15) is 21.0 Å². The van der Waals surface area contributed by atoms with Crippen molar-refractivity contribution in [3.8, 4) is 46.5 Å². The second kappa shape index (κ2) is 20.4. The predicted molar refractivity (Wildman–Crippen MR) is 353 cm³/mol. The molecule has 0 N–H and O–H groups in total. The van der Waals surface area contributed by atoms with Crippen LogP contribution < -0.4 is 0 Å². The maximum absolute atomic E-state index is 14.3. The predicted octanol–water partition coefficient (Wildman–Crippen LogP) is 18.7. The molecule has 2 aromatic heterocycles. The number of thiophene rings is 2. The lowest BCUT2D eigenvalue weighted by Gasteiger charge is -2.36. The molecule has 4 aliphatic carbocycles. The van der Waals surface area contributed by atoms with Crippen molar-refractivity contribution < 1.29 is 9.59 Å². The molecule has 0 atom stereocenters. The second-order valence-corrected chi connectivity index (χ2v) is 25.8. The Morgan fingerprint density at radius 2 is 0.773 bits per heavy atom. The zero-order valence-electron chi connectivity index (χ0n) is 48.5. The molecule has 0 fully saturated rings. The molecular formula is C80H50N4O2S2. The maximum Gasteiger partial charge on any atom is 0.194 e. The van der Waals surface area contributed by atoms with Crippen molar-refractivity contribution in [3.63, 3.8) is 0 Å². The van der Waals surface area contributed by atoms with E-state index in [-0.39, 0.29) is 22.7 Å². The average molecular weight is 1160 g/mol. The normalized spacial score (nSPS) is 15.3. The lowest BCUT2D eigenvalue weighted by molar-refractivity contribution is 0.103. The van der Waals surface area contributed by atoms with Gasteiger partial charge in [0.25, 0.3) is 0 Å². The van der Waals surface area contributed by atoms with E-state index in [4.69, 9.17) is 0 Å². The van der Waals surface area contributed by atoms with Crippen LogP contribution in [0.4, 0.5) is 0 Å². The smallest absolute Gasteiger partial charge is 0.194 e. The molecule has 2 heterocycles. The van der Waals surface area contributed by atoms with Crippen molar-refractivity contribution in [2.45, 2.75) is 51.4 Å². The van der Waals surface area contributed by atoms with Crippen molar-refractivity contribution in [2.24, 2.45) is 0 Å². The summed E-state index contributed by atoms with van der Waals surface area (Å²) in [5.41, 5.74) is 20.6. The number of carbonyl (C=O) groups is 2. The molecule has 0 unspecified atom stereocenters. The molecule has 414 valence electrons. The summed E-state index contributed by atoms with van der Waals surface area (Å²) in [6, 6.07) is 77.9. The topological polar surface area (TPSA) is 129 Å². The highest BCUT2D eigenvalue weighted by Gasteiger charge is 2.52. The lowest BCUT2D eigenvalue weighted by atomic mass is 9.65. The summed E-state index contributed by atoms with van der Waals surface area (Å²) in [5, 5.41) is 42.6. The van der Waals surface area contributed by atoms with Gasteiger partial charge in [-0.3, -0.25) is 9.59 Å². The Bertz CT molecular complexity index is 5120. The lowest BCUT2D eigenvalue weighted by Crippen LogP contribution is -2.30. The van der Waals surface area contributed by atoms with Crippen LogP contribution >= 0.6 is 22.7 Å². The summed E-state index contributed by atoms with van der Waals surface area (Å²) in [6.07, 6.45) is 4.97. The molecule has 88 heavy (non-hydrogen) atoms. The van der Waals surface area contributed by atoms with Crippen molar-refractivity contribution in [2.75, 3.05) is 0 Å². The Labute approximate surface area is 518 Å². The number of Topliss-reactive ketones (excluding diaryl/α,β-unsaturated/α-hetero) is 2. The molecule has 6 nitrogen and oxygen atoms in total. The van der Waals surface area contributed by atoms with E-state index in [0.29, 0.717) is 57.4 Å². The van der Waals surface area contributed by atoms with Gasteiger partial charge in [-0.25, -0.2) is 0 Å². The molecule has 9 aromatic carbocycles. The molecule has 0 saturated carbocycles. The Hall–Kier alpha value is -10.8. The van der Waals surface area contributed by atoms with Crippen LogP contribution in [0.5, 0.6) is 0 Å². The van der Waals surface area contributed by atoms with E-state index in [1.807, 2.05) is 60.7 Å².